The van der Waals surface area contributed by atoms with E-state index in [0.29, 0.717) is 0 Å². The minimum absolute atomic E-state index is 0.0733. The second-order valence-electron chi connectivity index (χ2n) is 21.1. The zero-order valence-corrected chi connectivity index (χ0v) is 45.9. The summed E-state index contributed by atoms with van der Waals surface area (Å²) in [6.07, 6.45) is -68.5. The van der Waals surface area contributed by atoms with Gasteiger partial charge in [0.15, 0.2) is 18.9 Å². The van der Waals surface area contributed by atoms with Crippen LogP contribution < -0.4 is 3.61 Å². The van der Waals surface area contributed by atoms with Crippen molar-refractivity contribution in [3.8, 4) is 0 Å². The number of hydrogen-bond donors (Lipinski definition) is 20. The first-order valence-corrected chi connectivity index (χ1v) is 29.5. The van der Waals surface area contributed by atoms with Crippen LogP contribution in [0.25, 0.3) is 0 Å². The van der Waals surface area contributed by atoms with Crippen LogP contribution in [0.15, 0.2) is 30.3 Å². The Morgan fingerprint density at radius 2 is 0.422 bits per heavy atom. The van der Waals surface area contributed by atoms with Crippen molar-refractivity contribution in [1.29, 1.82) is 0 Å². The molecule has 21 saturated heterocycles. The minimum Gasteiger partial charge on any atom is -0.394 e. The van der Waals surface area contributed by atoms with Crippen molar-refractivity contribution in [2.24, 2.45) is 0 Å². The zero-order valence-electron chi connectivity index (χ0n) is 43.6. The third-order valence-corrected chi connectivity index (χ3v) is 18.9. The summed E-state index contributed by atoms with van der Waals surface area (Å²) in [6, 6.07) is 8.95. The van der Waals surface area contributed by atoms with Crippen LogP contribution in [0.4, 0.5) is 0 Å². The average Bonchev–Trinajstić information content (AvgIpc) is 3.67. The van der Waals surface area contributed by atoms with Crippen molar-refractivity contribution in [1.82, 2.24) is 0 Å². The van der Waals surface area contributed by atoms with Crippen molar-refractivity contribution < 1.29 is 168 Å². The Morgan fingerprint density at radius 3 is 0.614 bits per heavy atom. The normalized spacial score (nSPS) is 52.2. The van der Waals surface area contributed by atoms with Crippen LogP contribution in [0.2, 0.25) is 4.47 Å². The molecule has 0 aromatic heterocycles. The van der Waals surface area contributed by atoms with Gasteiger partial charge in [0.1, 0.15) is 61.0 Å². The molecular weight excluding hydrogens is 1250 g/mol. The van der Waals surface area contributed by atoms with E-state index < -0.39 is 276 Å². The Hall–Kier alpha value is -1.35. The van der Waals surface area contributed by atoms with Crippen molar-refractivity contribution in [2.45, 2.75) is 219 Å². The van der Waals surface area contributed by atoms with E-state index in [1.807, 2.05) is 12.1 Å². The van der Waals surface area contributed by atoms with E-state index in [-0.39, 0.29) is 4.47 Å². The van der Waals surface area contributed by atoms with Crippen LogP contribution >= 0.6 is 0 Å². The van der Waals surface area contributed by atoms with Crippen molar-refractivity contribution >= 4 is 24.5 Å². The topological polar surface area (TPSA) is 534 Å². The number of ether oxygens (including phenoxy) is 14. The van der Waals surface area contributed by atoms with Gasteiger partial charge in [-0.1, -0.05) is 0 Å². The van der Waals surface area contributed by atoms with Crippen molar-refractivity contribution in [2.75, 3.05) is 39.6 Å². The van der Waals surface area contributed by atoms with E-state index in [4.69, 9.17) is 66.3 Å². The number of aliphatic hydroxyl groups excluding tert-OH is 20. The molecule has 0 unspecified atom stereocenters. The van der Waals surface area contributed by atoms with Gasteiger partial charge in [-0.3, -0.25) is 0 Å². The van der Waals surface area contributed by atoms with Crippen molar-refractivity contribution in [3.05, 3.63) is 30.3 Å². The molecule has 21 fully saturated rings. The summed E-state index contributed by atoms with van der Waals surface area (Å²) in [5, 5.41) is 223. The summed E-state index contributed by atoms with van der Waals surface area (Å²) in [5.41, 5.74) is 0. The molecule has 1 aromatic rings. The molecule has 1 aromatic carbocycles. The monoisotopic (exact) mass is 1320 g/mol. The zero-order chi connectivity index (χ0) is 59.9. The van der Waals surface area contributed by atoms with E-state index in [2.05, 4.69) is 0 Å². The Morgan fingerprint density at radius 1 is 0.241 bits per heavy atom. The molecule has 21 heterocycles. The van der Waals surface area contributed by atoms with E-state index in [1.165, 1.54) is 0 Å². The van der Waals surface area contributed by atoms with E-state index in [1.54, 1.807) is 18.2 Å². The molecule has 21 aliphatic rings. The van der Waals surface area contributed by atoms with Crippen LogP contribution in [-0.2, 0) is 66.3 Å². The molecule has 35 heteroatoms. The third-order valence-electron chi connectivity index (χ3n) is 15.8. The summed E-state index contributed by atoms with van der Waals surface area (Å²) in [6.45, 7) is -6.15. The maximum absolute atomic E-state index is 11.8. The summed E-state index contributed by atoms with van der Waals surface area (Å²) >= 11 is -1.28. The van der Waals surface area contributed by atoms with Gasteiger partial charge in [-0.05, 0) is 0 Å². The maximum atomic E-state index is 11.8. The molecule has 0 radical (unpaired) electrons. The molecule has 0 amide bonds. The first kappa shape index (κ1) is 66.1. The second kappa shape index (κ2) is 28.6. The fourth-order valence-electron chi connectivity index (χ4n) is 11.1. The molecule has 0 saturated carbocycles. The van der Waals surface area contributed by atoms with Gasteiger partial charge in [0.2, 0.25) is 0 Å². The Labute approximate surface area is 480 Å². The molecule has 0 aliphatic carbocycles. The summed E-state index contributed by atoms with van der Waals surface area (Å²) in [4.78, 5) is 0. The van der Waals surface area contributed by atoms with Gasteiger partial charge >= 0.3 is 291 Å². The summed E-state index contributed by atoms with van der Waals surface area (Å²) in [5.74, 6) is 0. The van der Waals surface area contributed by atoms with Gasteiger partial charge < -0.3 is 84.6 Å². The fraction of sp³-hybridized carbons (Fsp3) is 0.875. The van der Waals surface area contributed by atoms with Crippen LogP contribution in [0.3, 0.4) is 0 Å². The van der Waals surface area contributed by atoms with E-state index >= 15 is 0 Å². The summed E-state index contributed by atoms with van der Waals surface area (Å²) in [7, 11) is 0. The molecular formula is C48H74O34Te. The predicted octanol–water partition coefficient (Wildman–Crippen LogP) is -13.8. The van der Waals surface area contributed by atoms with Crippen molar-refractivity contribution in [3.63, 3.8) is 0 Å². The molecule has 476 valence electrons. The molecule has 0 spiro atoms. The van der Waals surface area contributed by atoms with Crippen LogP contribution in [0, 0.1) is 0 Å². The van der Waals surface area contributed by atoms with Gasteiger partial charge in [-0.25, -0.2) is 0 Å². The Balaban J connectivity index is 1.01. The SMILES string of the molecule is OC[C@@H]1O[C@@H]2O[C@H]3[C@H](O)[C@@H](O)[C@@H](O[C@H]4[C@@H](O)[C@H](O)[C@@H](O[C@H]5[C@@H](O)[C@H](O)[C@@H](O[C@H]6[C@@H](O)[C@H](O)[C@@H](O[C@H]7[C@H](O)[C@@H](O)[C@@H](O[C@H]8[C@H](O)[C@@H](O)[C@@H](O[C@H]1[C@H](O)[C@H]2O)O[C@@H]8CO)O[C@@H]7C[Te]c1ccccc1)O[C@@H]6CO)O[C@@H]5CO)O[C@@H]4CO)O[C@@H]3CO. The molecule has 21 aliphatic heterocycles. The fourth-order valence-corrected chi connectivity index (χ4v) is 13.9. The average molecular weight is 1320 g/mol. The standard InChI is InChI=1S/C48H74O34Te/c49-6-14-35-22(56)29(63)43(70-14)78-37-16(8-51)72-45(31(65)24(37)58)80-39-18(10-53)74-47(33(67)26(39)60)82-41-20(12-83-13-4-2-1-3-5-13)75-48(34(68)27(41)61)81-40-19(11-54)73-46(32(66)25(40)59)79-38-17(9-52)71-44(30(64)23(38)57)77-36-15(7-50)69-42(76-35)28(62)21(36)55/h1-5,14-68H,6-12H2/t14-,15-,16-,17+,18-,19-,20-,21-,22+,23-,24+,25-,26+,27-,28-,29+,30-,31+,32-,33+,34-,35-,36-,37-,38-,39-,40-,41-,42-,43-,44-,45-,46-,47-,48-/m1/s1. The first-order chi connectivity index (χ1) is 39.7. The molecule has 14 bridgehead atoms. The molecule has 35 atom stereocenters. The van der Waals surface area contributed by atoms with Gasteiger partial charge in [-0.15, -0.1) is 0 Å². The van der Waals surface area contributed by atoms with Gasteiger partial charge in [-0.2, -0.15) is 0 Å². The van der Waals surface area contributed by atoms with Crippen LogP contribution in [0.1, 0.15) is 0 Å². The smallest absolute Gasteiger partial charge is 0.394 e. The van der Waals surface area contributed by atoms with Crippen LogP contribution in [0.5, 0.6) is 0 Å². The summed E-state index contributed by atoms with van der Waals surface area (Å²) < 4.78 is 82.5. The molecule has 22 rings (SSSR count). The van der Waals surface area contributed by atoms with E-state index in [9.17, 15) is 102 Å². The predicted molar refractivity (Wildman–Crippen MR) is 258 cm³/mol. The molecule has 20 N–H and O–H groups in total. The minimum atomic E-state index is -2.20. The number of rotatable bonds is 9. The quantitative estimate of drug-likeness (QED) is 0.102. The van der Waals surface area contributed by atoms with Crippen LogP contribution in [-0.4, -0.2) is 378 Å². The Kier molecular flexibility index (Phi) is 22.8. The number of aliphatic hydroxyl groups is 20. The third kappa shape index (κ3) is 13.6. The number of benzene rings is 1. The number of hydrogen-bond acceptors (Lipinski definition) is 34. The van der Waals surface area contributed by atoms with Gasteiger partial charge in [0, 0.05) is 0 Å². The second-order valence-corrected chi connectivity index (χ2v) is 24.2. The molecule has 34 nitrogen and oxygen atoms in total. The van der Waals surface area contributed by atoms with Gasteiger partial charge in [0.25, 0.3) is 0 Å². The Bertz CT molecular complexity index is 2140. The van der Waals surface area contributed by atoms with Gasteiger partial charge in [0.05, 0.1) is 26.4 Å². The molecule has 83 heavy (non-hydrogen) atoms. The first-order valence-electron chi connectivity index (χ1n) is 26.7. The van der Waals surface area contributed by atoms with E-state index in [0.717, 1.165) is 3.61 Å².